The molecule has 0 spiro atoms. The molecule has 2 fully saturated rings. The Hall–Kier alpha value is -2.62. The summed E-state index contributed by atoms with van der Waals surface area (Å²) in [4.78, 5) is 0. The van der Waals surface area contributed by atoms with Crippen LogP contribution in [0.5, 0.6) is 5.75 Å². The monoisotopic (exact) mass is 427 g/mol. The molecule has 0 N–H and O–H groups in total. The summed E-state index contributed by atoms with van der Waals surface area (Å²) in [5.41, 5.74) is 5.83. The number of aromatic nitrogens is 3. The first-order valence-electron chi connectivity index (χ1n) is 12.4. The molecule has 1 aromatic heterocycles. The van der Waals surface area contributed by atoms with Crippen molar-refractivity contribution >= 4 is 0 Å². The van der Waals surface area contributed by atoms with Crippen molar-refractivity contribution in [2.24, 2.45) is 17.3 Å². The van der Waals surface area contributed by atoms with Crippen LogP contribution < -0.4 is 4.74 Å². The Kier molecular flexibility index (Phi) is 5.04. The lowest BCUT2D eigenvalue weighted by atomic mass is 9.56. The van der Waals surface area contributed by atoms with E-state index in [9.17, 15) is 0 Å². The van der Waals surface area contributed by atoms with Crippen molar-refractivity contribution in [1.82, 2.24) is 15.0 Å². The molecule has 32 heavy (non-hydrogen) atoms. The molecule has 4 heteroatoms. The first-order valence-corrected chi connectivity index (χ1v) is 12.4. The number of hydrogen-bond acceptors (Lipinski definition) is 3. The number of benzene rings is 2. The highest BCUT2D eigenvalue weighted by molar-refractivity contribution is 5.40. The Morgan fingerprint density at radius 1 is 1.06 bits per heavy atom. The Morgan fingerprint density at radius 3 is 2.88 bits per heavy atom. The Bertz CT molecular complexity index is 1090. The fourth-order valence-corrected chi connectivity index (χ4v) is 7.05. The summed E-state index contributed by atoms with van der Waals surface area (Å²) in [5, 5.41) is 8.55. The van der Waals surface area contributed by atoms with Crippen LogP contribution in [0.25, 0.3) is 0 Å². The van der Waals surface area contributed by atoms with Crippen LogP contribution in [0.15, 0.2) is 54.7 Å². The lowest BCUT2D eigenvalue weighted by Gasteiger charge is -2.49. The van der Waals surface area contributed by atoms with E-state index in [1.807, 2.05) is 29.1 Å². The second-order valence-corrected chi connectivity index (χ2v) is 10.5. The van der Waals surface area contributed by atoms with Crippen molar-refractivity contribution in [3.05, 3.63) is 77.1 Å². The van der Waals surface area contributed by atoms with Crippen LogP contribution in [0.4, 0.5) is 0 Å². The Morgan fingerprint density at radius 2 is 1.97 bits per heavy atom. The summed E-state index contributed by atoms with van der Waals surface area (Å²) in [6, 6.07) is 17.2. The first-order chi connectivity index (χ1) is 15.7. The van der Waals surface area contributed by atoms with Gasteiger partial charge in [-0.05, 0) is 90.5 Å². The summed E-state index contributed by atoms with van der Waals surface area (Å²) < 4.78 is 8.00. The van der Waals surface area contributed by atoms with E-state index in [0.29, 0.717) is 12.0 Å². The van der Waals surface area contributed by atoms with Gasteiger partial charge in [-0.15, -0.1) is 5.10 Å². The Balaban J connectivity index is 1.12. The molecule has 166 valence electrons. The Labute approximate surface area is 191 Å². The second-order valence-electron chi connectivity index (χ2n) is 10.5. The van der Waals surface area contributed by atoms with E-state index in [1.165, 1.54) is 56.1 Å². The average molecular weight is 428 g/mol. The maximum absolute atomic E-state index is 6.13. The van der Waals surface area contributed by atoms with Gasteiger partial charge in [-0.2, -0.15) is 0 Å². The molecule has 6 rings (SSSR count). The smallest absolute Gasteiger partial charge is 0.134 e. The number of hydrogen-bond donors (Lipinski definition) is 0. The van der Waals surface area contributed by atoms with Crippen LogP contribution in [-0.4, -0.2) is 15.0 Å². The summed E-state index contributed by atoms with van der Waals surface area (Å²) in [5.74, 6) is 3.57. The highest BCUT2D eigenvalue weighted by Gasteiger charge is 2.50. The number of fused-ring (bicyclic) bond motifs is 5. The molecule has 3 aromatic rings. The molecule has 1 heterocycles. The molecule has 3 aliphatic rings. The van der Waals surface area contributed by atoms with Gasteiger partial charge in [0, 0.05) is 0 Å². The third kappa shape index (κ3) is 3.64. The van der Waals surface area contributed by atoms with E-state index >= 15 is 0 Å². The van der Waals surface area contributed by atoms with Gasteiger partial charge in [-0.3, -0.25) is 0 Å². The van der Waals surface area contributed by atoms with Crippen molar-refractivity contribution in [1.29, 1.82) is 0 Å². The molecule has 0 bridgehead atoms. The van der Waals surface area contributed by atoms with Crippen molar-refractivity contribution in [3.8, 4) is 5.75 Å². The van der Waals surface area contributed by atoms with Crippen LogP contribution in [0, 0.1) is 17.3 Å². The van der Waals surface area contributed by atoms with Crippen LogP contribution in [0.1, 0.15) is 73.8 Å². The fourth-order valence-electron chi connectivity index (χ4n) is 7.05. The molecule has 0 unspecified atom stereocenters. The summed E-state index contributed by atoms with van der Waals surface area (Å²) in [6.45, 7) is 3.76. The van der Waals surface area contributed by atoms with Gasteiger partial charge in [0.1, 0.15) is 18.1 Å². The molecular weight excluding hydrogens is 394 g/mol. The van der Waals surface area contributed by atoms with E-state index < -0.39 is 0 Å². The van der Waals surface area contributed by atoms with Gasteiger partial charge < -0.3 is 4.74 Å². The van der Waals surface area contributed by atoms with E-state index in [0.717, 1.165) is 35.7 Å². The predicted octanol–water partition coefficient (Wildman–Crippen LogP) is 6.15. The van der Waals surface area contributed by atoms with E-state index in [-0.39, 0.29) is 0 Å². The average Bonchev–Trinajstić information content (AvgIpc) is 3.44. The quantitative estimate of drug-likeness (QED) is 0.490. The van der Waals surface area contributed by atoms with Crippen molar-refractivity contribution < 1.29 is 4.74 Å². The van der Waals surface area contributed by atoms with Crippen molar-refractivity contribution in [3.63, 3.8) is 0 Å². The fraction of sp³-hybridized carbons (Fsp3) is 0.500. The van der Waals surface area contributed by atoms with Crippen LogP contribution >= 0.6 is 0 Å². The largest absolute Gasteiger partial charge is 0.487 e. The topological polar surface area (TPSA) is 39.9 Å². The third-order valence-corrected chi connectivity index (χ3v) is 8.64. The highest BCUT2D eigenvalue weighted by Crippen LogP contribution is 2.60. The lowest BCUT2D eigenvalue weighted by molar-refractivity contribution is 0.0598. The maximum atomic E-state index is 6.13. The first kappa shape index (κ1) is 20.0. The lowest BCUT2D eigenvalue weighted by Crippen LogP contribution is -2.39. The molecular formula is C28H33N3O. The zero-order valence-corrected chi connectivity index (χ0v) is 19.0. The van der Waals surface area contributed by atoms with Gasteiger partial charge in [-0.25, -0.2) is 4.68 Å². The van der Waals surface area contributed by atoms with Gasteiger partial charge in [0.2, 0.25) is 0 Å². The maximum Gasteiger partial charge on any atom is 0.134 e. The standard InChI is InChI=1S/C28H33N3O/c1-28-14-5-8-27(28)26-11-9-21-16-23(10-12-24(21)25(26)13-15-28)32-19-22-18-31(30-29-22)17-20-6-3-2-4-7-20/h2-4,6-7,10,12,16,18,25-27H,5,8-9,11,13-15,17,19H2,1H3/t25-,26-,27+,28-/m1/s1. The van der Waals surface area contributed by atoms with Crippen molar-refractivity contribution in [2.75, 3.05) is 0 Å². The molecule has 4 nitrogen and oxygen atoms in total. The van der Waals surface area contributed by atoms with Gasteiger partial charge >= 0.3 is 0 Å². The van der Waals surface area contributed by atoms with Gasteiger partial charge in [0.25, 0.3) is 0 Å². The predicted molar refractivity (Wildman–Crippen MR) is 126 cm³/mol. The number of nitrogens with zero attached hydrogens (tertiary/aromatic N) is 3. The van der Waals surface area contributed by atoms with Gasteiger partial charge in [-0.1, -0.05) is 55.0 Å². The third-order valence-electron chi connectivity index (χ3n) is 8.64. The normalized spacial score (nSPS) is 28.6. The van der Waals surface area contributed by atoms with E-state index in [4.69, 9.17) is 4.74 Å². The SMILES string of the molecule is C[C@]12CCC[C@H]1[C@@H]1CCc3cc(OCc4cn(Cc5ccccc5)nn4)ccc3[C@H]1CC2. The molecule has 0 amide bonds. The minimum Gasteiger partial charge on any atom is -0.487 e. The van der Waals surface area contributed by atoms with Gasteiger partial charge in [0.15, 0.2) is 0 Å². The minimum atomic E-state index is 0.458. The number of ether oxygens (including phenoxy) is 1. The minimum absolute atomic E-state index is 0.458. The zero-order valence-electron chi connectivity index (χ0n) is 19.0. The highest BCUT2D eigenvalue weighted by atomic mass is 16.5. The van der Waals surface area contributed by atoms with Crippen LogP contribution in [0.2, 0.25) is 0 Å². The molecule has 3 aliphatic carbocycles. The van der Waals surface area contributed by atoms with E-state index in [2.05, 4.69) is 47.6 Å². The molecule has 2 saturated carbocycles. The summed E-state index contributed by atoms with van der Waals surface area (Å²) in [7, 11) is 0. The number of aryl methyl sites for hydroxylation is 1. The molecule has 0 saturated heterocycles. The van der Waals surface area contributed by atoms with E-state index in [1.54, 1.807) is 5.56 Å². The number of rotatable bonds is 5. The van der Waals surface area contributed by atoms with Crippen LogP contribution in [0.3, 0.4) is 0 Å². The molecule has 0 radical (unpaired) electrons. The molecule has 2 aromatic carbocycles. The van der Waals surface area contributed by atoms with Crippen LogP contribution in [-0.2, 0) is 19.6 Å². The molecule has 0 aliphatic heterocycles. The summed E-state index contributed by atoms with van der Waals surface area (Å²) in [6.07, 6.45) is 11.7. The molecule has 4 atom stereocenters. The summed E-state index contributed by atoms with van der Waals surface area (Å²) >= 11 is 0. The zero-order chi connectivity index (χ0) is 21.5. The van der Waals surface area contributed by atoms with Crippen molar-refractivity contribution in [2.45, 2.75) is 70.9 Å². The van der Waals surface area contributed by atoms with Gasteiger partial charge in [0.05, 0.1) is 12.7 Å². The second kappa shape index (κ2) is 8.06.